The number of hydrogen-bond donors (Lipinski definition) is 1. The minimum absolute atomic E-state index is 0.0322. The molecule has 0 radical (unpaired) electrons. The molecule has 0 unspecified atom stereocenters. The van der Waals surface area contributed by atoms with Gasteiger partial charge in [-0.3, -0.25) is 4.79 Å². The molecule has 1 amide bonds. The lowest BCUT2D eigenvalue weighted by Gasteiger charge is -2.41. The van der Waals surface area contributed by atoms with Crippen LogP contribution in [0, 0.1) is 0 Å². The van der Waals surface area contributed by atoms with E-state index >= 15 is 0 Å². The second-order valence-corrected chi connectivity index (χ2v) is 11.4. The standard InChI is InChI=1S/C25H32ClN3O4S/c1-4-25(5-2)17-21(19-8-6-7-9-22(19)33-25)27-24(30)18-10-11-20(26)23(16-18)34(31,32)29-14-12-28(3)13-15-29/h6-11,16,21H,4-5,12-15,17H2,1-3H3,(H,27,30)/t21-/m1/s1. The maximum absolute atomic E-state index is 13.3. The van der Waals surface area contributed by atoms with Crippen molar-refractivity contribution in [3.63, 3.8) is 0 Å². The highest BCUT2D eigenvalue weighted by Gasteiger charge is 2.39. The Kier molecular flexibility index (Phi) is 7.24. The maximum atomic E-state index is 13.3. The van der Waals surface area contributed by atoms with E-state index in [9.17, 15) is 13.2 Å². The molecule has 1 fully saturated rings. The molecule has 1 atom stereocenters. The van der Waals surface area contributed by atoms with Gasteiger partial charge in [0, 0.05) is 43.7 Å². The summed E-state index contributed by atoms with van der Waals surface area (Å²) in [4.78, 5) is 15.4. The molecular formula is C25H32ClN3O4S. The number of benzene rings is 2. The number of rotatable bonds is 6. The number of carbonyl (C=O) groups is 1. The quantitative estimate of drug-likeness (QED) is 0.639. The summed E-state index contributed by atoms with van der Waals surface area (Å²) in [7, 11) is -1.85. The van der Waals surface area contributed by atoms with Crippen LogP contribution in [0.4, 0.5) is 0 Å². The summed E-state index contributed by atoms with van der Waals surface area (Å²) in [6, 6.07) is 11.9. The summed E-state index contributed by atoms with van der Waals surface area (Å²) >= 11 is 6.30. The van der Waals surface area contributed by atoms with Crippen molar-refractivity contribution < 1.29 is 17.9 Å². The fourth-order valence-electron chi connectivity index (χ4n) is 4.68. The number of para-hydroxylation sites is 1. The highest BCUT2D eigenvalue weighted by Crippen LogP contribution is 2.42. The third kappa shape index (κ3) is 4.82. The van der Waals surface area contributed by atoms with E-state index in [1.54, 1.807) is 6.07 Å². The van der Waals surface area contributed by atoms with Crippen LogP contribution >= 0.6 is 11.6 Å². The van der Waals surface area contributed by atoms with Crippen molar-refractivity contribution in [3.8, 4) is 5.75 Å². The van der Waals surface area contributed by atoms with Crippen molar-refractivity contribution in [1.82, 2.24) is 14.5 Å². The van der Waals surface area contributed by atoms with Gasteiger partial charge < -0.3 is 15.0 Å². The Morgan fingerprint density at radius 2 is 1.79 bits per heavy atom. The zero-order chi connectivity index (χ0) is 24.5. The molecule has 184 valence electrons. The Bertz CT molecular complexity index is 1160. The van der Waals surface area contributed by atoms with Gasteiger partial charge in [-0.05, 0) is 44.2 Å². The summed E-state index contributed by atoms with van der Waals surface area (Å²) < 4.78 is 34.3. The van der Waals surface area contributed by atoms with E-state index in [0.29, 0.717) is 32.6 Å². The summed E-state index contributed by atoms with van der Waals surface area (Å²) in [5, 5.41) is 3.23. The molecule has 2 aromatic carbocycles. The van der Waals surface area contributed by atoms with Gasteiger partial charge in [0.2, 0.25) is 10.0 Å². The first-order valence-corrected chi connectivity index (χ1v) is 13.6. The molecule has 7 nitrogen and oxygen atoms in total. The molecule has 2 aromatic rings. The smallest absolute Gasteiger partial charge is 0.251 e. The van der Waals surface area contributed by atoms with Crippen molar-refractivity contribution in [3.05, 3.63) is 58.6 Å². The maximum Gasteiger partial charge on any atom is 0.251 e. The summed E-state index contributed by atoms with van der Waals surface area (Å²) in [5.74, 6) is 0.437. The summed E-state index contributed by atoms with van der Waals surface area (Å²) in [5.41, 5.74) is 0.828. The zero-order valence-corrected chi connectivity index (χ0v) is 21.5. The van der Waals surface area contributed by atoms with Gasteiger partial charge in [-0.15, -0.1) is 0 Å². The molecule has 2 aliphatic rings. The monoisotopic (exact) mass is 505 g/mol. The number of hydrogen-bond acceptors (Lipinski definition) is 5. The third-order valence-electron chi connectivity index (χ3n) is 7.06. The minimum atomic E-state index is -3.81. The zero-order valence-electron chi connectivity index (χ0n) is 19.9. The Morgan fingerprint density at radius 3 is 2.47 bits per heavy atom. The van der Waals surface area contributed by atoms with Crippen LogP contribution < -0.4 is 10.1 Å². The van der Waals surface area contributed by atoms with Crippen molar-refractivity contribution in [2.75, 3.05) is 33.2 Å². The van der Waals surface area contributed by atoms with Crippen LogP contribution in [0.2, 0.25) is 5.02 Å². The van der Waals surface area contributed by atoms with Gasteiger partial charge in [-0.25, -0.2) is 8.42 Å². The van der Waals surface area contributed by atoms with Gasteiger partial charge in [0.05, 0.1) is 11.1 Å². The largest absolute Gasteiger partial charge is 0.487 e. The van der Waals surface area contributed by atoms with Crippen molar-refractivity contribution >= 4 is 27.5 Å². The minimum Gasteiger partial charge on any atom is -0.487 e. The number of fused-ring (bicyclic) bond motifs is 1. The first kappa shape index (κ1) is 25.0. The molecule has 1 saturated heterocycles. The van der Waals surface area contributed by atoms with Gasteiger partial charge in [-0.2, -0.15) is 4.31 Å². The topological polar surface area (TPSA) is 79.0 Å². The highest BCUT2D eigenvalue weighted by molar-refractivity contribution is 7.89. The van der Waals surface area contributed by atoms with Crippen LogP contribution in [0.15, 0.2) is 47.4 Å². The molecule has 0 bridgehead atoms. The molecule has 0 saturated carbocycles. The normalized spacial score (nSPS) is 20.9. The lowest BCUT2D eigenvalue weighted by atomic mass is 9.83. The summed E-state index contributed by atoms with van der Waals surface area (Å²) in [6.45, 7) is 6.25. The predicted octanol–water partition coefficient (Wildman–Crippen LogP) is 4.09. The SMILES string of the molecule is CCC1(CC)C[C@@H](NC(=O)c2ccc(Cl)c(S(=O)(=O)N3CCN(C)CC3)c2)c2ccccc2O1. The Labute approximate surface area is 207 Å². The molecular weight excluding hydrogens is 474 g/mol. The molecule has 34 heavy (non-hydrogen) atoms. The number of carbonyl (C=O) groups excluding carboxylic acids is 1. The van der Waals surface area contributed by atoms with E-state index in [1.807, 2.05) is 31.3 Å². The number of ether oxygens (including phenoxy) is 1. The molecule has 1 N–H and O–H groups in total. The van der Waals surface area contributed by atoms with Crippen LogP contribution in [0.25, 0.3) is 0 Å². The number of nitrogens with zero attached hydrogens (tertiary/aromatic N) is 2. The average molecular weight is 506 g/mol. The second-order valence-electron chi connectivity index (χ2n) is 9.11. The molecule has 9 heteroatoms. The molecule has 0 aromatic heterocycles. The summed E-state index contributed by atoms with van der Waals surface area (Å²) in [6.07, 6.45) is 2.28. The molecule has 2 aliphatic heterocycles. The van der Waals surface area contributed by atoms with Crippen molar-refractivity contribution in [2.45, 2.75) is 49.6 Å². The van der Waals surface area contributed by atoms with E-state index < -0.39 is 10.0 Å². The van der Waals surface area contributed by atoms with E-state index in [2.05, 4.69) is 24.1 Å². The lowest BCUT2D eigenvalue weighted by Crippen LogP contribution is -2.47. The van der Waals surface area contributed by atoms with Crippen LogP contribution in [-0.4, -0.2) is 62.4 Å². The van der Waals surface area contributed by atoms with Gasteiger partial charge in [-0.1, -0.05) is 43.6 Å². The Morgan fingerprint density at radius 1 is 1.12 bits per heavy atom. The predicted molar refractivity (Wildman–Crippen MR) is 133 cm³/mol. The number of sulfonamides is 1. The van der Waals surface area contributed by atoms with Crippen molar-refractivity contribution in [2.24, 2.45) is 0 Å². The first-order valence-electron chi connectivity index (χ1n) is 11.8. The molecule has 0 spiro atoms. The number of likely N-dealkylation sites (N-methyl/N-ethyl adjacent to an activating group) is 1. The highest BCUT2D eigenvalue weighted by atomic mass is 35.5. The fraction of sp³-hybridized carbons (Fsp3) is 0.480. The molecule has 0 aliphatic carbocycles. The van der Waals surface area contributed by atoms with Crippen LogP contribution in [0.1, 0.15) is 55.1 Å². The molecule has 2 heterocycles. The lowest BCUT2D eigenvalue weighted by molar-refractivity contribution is 0.0227. The number of amides is 1. The van der Waals surface area contributed by atoms with Crippen molar-refractivity contribution in [1.29, 1.82) is 0 Å². The van der Waals surface area contributed by atoms with E-state index in [-0.39, 0.29) is 33.0 Å². The van der Waals surface area contributed by atoms with E-state index in [1.165, 1.54) is 16.4 Å². The average Bonchev–Trinajstić information content (AvgIpc) is 2.84. The van der Waals surface area contributed by atoms with Crippen LogP contribution in [0.5, 0.6) is 5.75 Å². The number of nitrogens with one attached hydrogen (secondary N) is 1. The van der Waals surface area contributed by atoms with Crippen LogP contribution in [-0.2, 0) is 10.0 Å². The van der Waals surface area contributed by atoms with Crippen LogP contribution in [0.3, 0.4) is 0 Å². The fourth-order valence-corrected chi connectivity index (χ4v) is 6.60. The molecule has 4 rings (SSSR count). The number of piperazine rings is 1. The first-order chi connectivity index (χ1) is 16.2. The van der Waals surface area contributed by atoms with Gasteiger partial charge in [0.1, 0.15) is 16.2 Å². The Hall–Kier alpha value is -2.13. The van der Waals surface area contributed by atoms with Gasteiger partial charge in [0.15, 0.2) is 0 Å². The van der Waals surface area contributed by atoms with E-state index in [4.69, 9.17) is 16.3 Å². The van der Waals surface area contributed by atoms with Gasteiger partial charge in [0.25, 0.3) is 5.91 Å². The van der Waals surface area contributed by atoms with E-state index in [0.717, 1.165) is 24.2 Å². The second kappa shape index (κ2) is 9.85. The van der Waals surface area contributed by atoms with Gasteiger partial charge >= 0.3 is 0 Å². The Balaban J connectivity index is 1.61. The number of halogens is 1. The third-order valence-corrected chi connectivity index (χ3v) is 9.44.